The molecule has 0 aromatic heterocycles. The average Bonchev–Trinajstić information content (AvgIpc) is 1.63. The molecule has 0 atom stereocenters. The van der Waals surface area contributed by atoms with Crippen LogP contribution in [-0.2, 0) is 9.59 Å². The van der Waals surface area contributed by atoms with E-state index in [0.717, 1.165) is 0 Å². The summed E-state index contributed by atoms with van der Waals surface area (Å²) in [5.74, 6) is -0.245. The van der Waals surface area contributed by atoms with Crippen molar-refractivity contribution < 1.29 is 9.59 Å². The number of nitrogens with two attached hydrogens (primary N) is 1. The van der Waals surface area contributed by atoms with Crippen LogP contribution in [0.5, 0.6) is 0 Å². The molecule has 0 fully saturated rings. The molecule has 50 valence electrons. The van der Waals surface area contributed by atoms with Gasteiger partial charge in [-0.05, 0) is 13.0 Å². The monoisotopic (exact) mass is 127 g/mol. The number of carbonyl (C=O) groups is 2. The van der Waals surface area contributed by atoms with Crippen LogP contribution >= 0.6 is 0 Å². The van der Waals surface area contributed by atoms with E-state index in [1.807, 2.05) is 0 Å². The van der Waals surface area contributed by atoms with Crippen molar-refractivity contribution in [2.24, 2.45) is 5.73 Å². The molecule has 2 N–H and O–H groups in total. The zero-order valence-corrected chi connectivity index (χ0v) is 5.26. The van der Waals surface area contributed by atoms with Crippen molar-refractivity contribution in [3.63, 3.8) is 0 Å². The summed E-state index contributed by atoms with van der Waals surface area (Å²) in [6, 6.07) is 0. The van der Waals surface area contributed by atoms with Gasteiger partial charge in [-0.3, -0.25) is 4.79 Å². The van der Waals surface area contributed by atoms with E-state index in [2.05, 4.69) is 0 Å². The third-order valence-corrected chi connectivity index (χ3v) is 0.673. The fourth-order valence-corrected chi connectivity index (χ4v) is 0.395. The summed E-state index contributed by atoms with van der Waals surface area (Å²) in [7, 11) is 0. The predicted octanol–water partition coefficient (Wildman–Crippen LogP) is 0.00700. The Morgan fingerprint density at radius 3 is 2.56 bits per heavy atom. The number of aldehydes is 1. The zero-order chi connectivity index (χ0) is 7.28. The molecule has 0 saturated carbocycles. The third-order valence-electron chi connectivity index (χ3n) is 0.673. The van der Waals surface area contributed by atoms with Gasteiger partial charge in [0.05, 0.1) is 6.42 Å². The molecule has 0 aliphatic rings. The molecule has 0 aromatic carbocycles. The molecule has 0 unspecified atom stereocenters. The van der Waals surface area contributed by atoms with Crippen molar-refractivity contribution in [1.82, 2.24) is 0 Å². The molecule has 0 aliphatic heterocycles. The second kappa shape index (κ2) is 3.83. The van der Waals surface area contributed by atoms with Crippen LogP contribution in [-0.4, -0.2) is 12.1 Å². The highest BCUT2D eigenvalue weighted by molar-refractivity contribution is 5.98. The van der Waals surface area contributed by atoms with Crippen LogP contribution in [0.3, 0.4) is 0 Å². The lowest BCUT2D eigenvalue weighted by Crippen LogP contribution is -1.98. The summed E-state index contributed by atoms with van der Waals surface area (Å²) < 4.78 is 0. The van der Waals surface area contributed by atoms with Crippen molar-refractivity contribution in [1.29, 1.82) is 0 Å². The van der Waals surface area contributed by atoms with E-state index in [4.69, 9.17) is 5.73 Å². The van der Waals surface area contributed by atoms with E-state index >= 15 is 0 Å². The lowest BCUT2D eigenvalue weighted by atomic mass is 10.2. The number of allylic oxidation sites excluding steroid dienone is 2. The van der Waals surface area contributed by atoms with Crippen molar-refractivity contribution in [3.05, 3.63) is 11.8 Å². The van der Waals surface area contributed by atoms with Gasteiger partial charge in [0.25, 0.3) is 0 Å². The topological polar surface area (TPSA) is 60.2 Å². The molecule has 0 aliphatic carbocycles. The van der Waals surface area contributed by atoms with Gasteiger partial charge in [0.2, 0.25) is 0 Å². The number of hydrogen-bond acceptors (Lipinski definition) is 3. The van der Waals surface area contributed by atoms with E-state index < -0.39 is 0 Å². The Balaban J connectivity index is 3.76. The Hall–Kier alpha value is -1.12. The number of rotatable bonds is 3. The summed E-state index contributed by atoms with van der Waals surface area (Å²) in [6.45, 7) is 1.60. The van der Waals surface area contributed by atoms with Crippen molar-refractivity contribution in [3.8, 4) is 0 Å². The number of carbonyl (C=O) groups excluding carboxylic acids is 2. The summed E-state index contributed by atoms with van der Waals surface area (Å²) in [4.78, 5) is 20.2. The van der Waals surface area contributed by atoms with Gasteiger partial charge in [-0.25, -0.2) is 0 Å². The summed E-state index contributed by atoms with van der Waals surface area (Å²) in [5.41, 5.74) is 5.58. The van der Waals surface area contributed by atoms with Crippen LogP contribution in [0.25, 0.3) is 0 Å². The van der Waals surface area contributed by atoms with Crippen LogP contribution < -0.4 is 5.73 Å². The second-order valence-electron chi connectivity index (χ2n) is 1.73. The predicted molar refractivity (Wildman–Crippen MR) is 33.6 cm³/mol. The van der Waals surface area contributed by atoms with Gasteiger partial charge in [0, 0.05) is 5.70 Å². The first kappa shape index (κ1) is 7.88. The van der Waals surface area contributed by atoms with Gasteiger partial charge < -0.3 is 10.5 Å². The molecule has 0 aromatic rings. The van der Waals surface area contributed by atoms with E-state index in [1.54, 1.807) is 6.92 Å². The number of ketones is 1. The minimum absolute atomic E-state index is 0.0749. The maximum absolute atomic E-state index is 10.5. The first-order chi connectivity index (χ1) is 4.16. The van der Waals surface area contributed by atoms with Gasteiger partial charge in [-0.2, -0.15) is 0 Å². The van der Waals surface area contributed by atoms with Gasteiger partial charge in [0.1, 0.15) is 6.29 Å². The highest BCUT2D eigenvalue weighted by Crippen LogP contribution is 1.84. The smallest absolute Gasteiger partial charge is 0.164 e. The molecular weight excluding hydrogens is 118 g/mol. The first-order valence-corrected chi connectivity index (χ1v) is 2.57. The quantitative estimate of drug-likeness (QED) is 0.330. The molecule has 0 rings (SSSR count). The van der Waals surface area contributed by atoms with E-state index in [1.165, 1.54) is 6.08 Å². The van der Waals surface area contributed by atoms with Crippen LogP contribution in [0.15, 0.2) is 11.8 Å². The normalized spacial score (nSPS) is 11.0. The van der Waals surface area contributed by atoms with Gasteiger partial charge >= 0.3 is 0 Å². The molecule has 0 amide bonds. The standard InChI is InChI=1S/C6H9NO2/c1-5(7)4-6(9)2-3-8/h3-4H,2,7H2,1H3/b5-4-. The van der Waals surface area contributed by atoms with Gasteiger partial charge in [0.15, 0.2) is 5.78 Å². The minimum atomic E-state index is -0.245. The van der Waals surface area contributed by atoms with E-state index in [9.17, 15) is 9.59 Å². The molecular formula is C6H9NO2. The van der Waals surface area contributed by atoms with Crippen molar-refractivity contribution in [2.45, 2.75) is 13.3 Å². The Bertz CT molecular complexity index is 145. The third kappa shape index (κ3) is 4.74. The Morgan fingerprint density at radius 2 is 2.22 bits per heavy atom. The van der Waals surface area contributed by atoms with Crippen molar-refractivity contribution in [2.75, 3.05) is 0 Å². The van der Waals surface area contributed by atoms with Gasteiger partial charge in [-0.1, -0.05) is 0 Å². The molecule has 0 radical (unpaired) electrons. The highest BCUT2D eigenvalue weighted by Gasteiger charge is 1.93. The van der Waals surface area contributed by atoms with E-state index in [-0.39, 0.29) is 12.2 Å². The first-order valence-electron chi connectivity index (χ1n) is 2.57. The lowest BCUT2D eigenvalue weighted by molar-refractivity contribution is -0.118. The van der Waals surface area contributed by atoms with E-state index in [0.29, 0.717) is 12.0 Å². The molecule has 9 heavy (non-hydrogen) atoms. The molecule has 0 heterocycles. The van der Waals surface area contributed by atoms with Crippen LogP contribution in [0.1, 0.15) is 13.3 Å². The molecule has 3 heteroatoms. The van der Waals surface area contributed by atoms with Crippen LogP contribution in [0.4, 0.5) is 0 Å². The molecule has 0 spiro atoms. The molecule has 0 bridgehead atoms. The molecule has 3 nitrogen and oxygen atoms in total. The fourth-order valence-electron chi connectivity index (χ4n) is 0.395. The number of hydrogen-bond donors (Lipinski definition) is 1. The zero-order valence-electron chi connectivity index (χ0n) is 5.26. The van der Waals surface area contributed by atoms with Crippen LogP contribution in [0, 0.1) is 0 Å². The summed E-state index contributed by atoms with van der Waals surface area (Å²) in [5, 5.41) is 0. The summed E-state index contributed by atoms with van der Waals surface area (Å²) in [6.07, 6.45) is 1.73. The maximum atomic E-state index is 10.5. The minimum Gasteiger partial charge on any atom is -0.402 e. The summed E-state index contributed by atoms with van der Waals surface area (Å²) >= 11 is 0. The van der Waals surface area contributed by atoms with Crippen molar-refractivity contribution >= 4 is 12.1 Å². The molecule has 0 saturated heterocycles. The van der Waals surface area contributed by atoms with Crippen LogP contribution in [0.2, 0.25) is 0 Å². The Labute approximate surface area is 53.5 Å². The Kier molecular flexibility index (Phi) is 3.35. The Morgan fingerprint density at radius 1 is 1.67 bits per heavy atom. The fraction of sp³-hybridized carbons (Fsp3) is 0.333. The largest absolute Gasteiger partial charge is 0.402 e. The SMILES string of the molecule is C/C(N)=C/C(=O)CC=O. The average molecular weight is 127 g/mol. The lowest BCUT2D eigenvalue weighted by Gasteiger charge is -1.85. The maximum Gasteiger partial charge on any atom is 0.164 e. The van der Waals surface area contributed by atoms with Gasteiger partial charge in [-0.15, -0.1) is 0 Å². The second-order valence-corrected chi connectivity index (χ2v) is 1.73. The highest BCUT2D eigenvalue weighted by atomic mass is 16.1.